The van der Waals surface area contributed by atoms with Gasteiger partial charge in [-0.2, -0.15) is 0 Å². The molecule has 2 aromatic carbocycles. The molecule has 0 saturated carbocycles. The average molecular weight is 312 g/mol. The number of benzene rings is 2. The summed E-state index contributed by atoms with van der Waals surface area (Å²) in [5.41, 5.74) is 1.30. The van der Waals surface area contributed by atoms with Crippen molar-refractivity contribution in [3.63, 3.8) is 0 Å². The molecule has 0 amide bonds. The second-order valence-electron chi connectivity index (χ2n) is 4.95. The van der Waals surface area contributed by atoms with Gasteiger partial charge in [0.25, 0.3) is 0 Å². The van der Waals surface area contributed by atoms with Crippen LogP contribution in [-0.2, 0) is 0 Å². The van der Waals surface area contributed by atoms with Crippen LogP contribution in [0.2, 0.25) is 0 Å². The van der Waals surface area contributed by atoms with Gasteiger partial charge in [-0.1, -0.05) is 6.07 Å². The van der Waals surface area contributed by atoms with Gasteiger partial charge < -0.3 is 10.6 Å². The van der Waals surface area contributed by atoms with Gasteiger partial charge in [0.1, 0.15) is 29.1 Å². The molecular formula is C17H14F2N4. The fourth-order valence-electron chi connectivity index (χ4n) is 2.09. The van der Waals surface area contributed by atoms with Gasteiger partial charge in [-0.25, -0.2) is 18.7 Å². The van der Waals surface area contributed by atoms with Crippen LogP contribution in [0.25, 0.3) is 0 Å². The smallest absolute Gasteiger partial charge is 0.136 e. The van der Waals surface area contributed by atoms with E-state index in [0.717, 1.165) is 0 Å². The van der Waals surface area contributed by atoms with Crippen molar-refractivity contribution in [1.82, 2.24) is 9.97 Å². The lowest BCUT2D eigenvalue weighted by Crippen LogP contribution is -2.01. The molecule has 23 heavy (non-hydrogen) atoms. The third-order valence-corrected chi connectivity index (χ3v) is 3.05. The lowest BCUT2D eigenvalue weighted by Gasteiger charge is -2.10. The Bertz CT molecular complexity index is 819. The van der Waals surface area contributed by atoms with Gasteiger partial charge in [-0.05, 0) is 49.4 Å². The Morgan fingerprint density at radius 2 is 1.39 bits per heavy atom. The summed E-state index contributed by atoms with van der Waals surface area (Å²) < 4.78 is 26.2. The summed E-state index contributed by atoms with van der Waals surface area (Å²) in [4.78, 5) is 8.55. The number of nitrogens with one attached hydrogen (secondary N) is 2. The molecule has 6 heteroatoms. The highest BCUT2D eigenvalue weighted by Crippen LogP contribution is 2.21. The molecule has 0 saturated heterocycles. The monoisotopic (exact) mass is 312 g/mol. The summed E-state index contributed by atoms with van der Waals surface area (Å²) in [5.74, 6) is 1.01. The molecule has 0 radical (unpaired) electrons. The van der Waals surface area contributed by atoms with Gasteiger partial charge in [-0.3, -0.25) is 0 Å². The first kappa shape index (κ1) is 14.9. The number of hydrogen-bond acceptors (Lipinski definition) is 4. The van der Waals surface area contributed by atoms with Gasteiger partial charge >= 0.3 is 0 Å². The second kappa shape index (κ2) is 6.39. The van der Waals surface area contributed by atoms with E-state index in [1.165, 1.54) is 24.3 Å². The molecular weight excluding hydrogens is 298 g/mol. The Kier molecular flexibility index (Phi) is 4.14. The summed E-state index contributed by atoms with van der Waals surface area (Å²) in [5, 5.41) is 6.11. The number of nitrogens with zero attached hydrogens (tertiary/aromatic N) is 2. The van der Waals surface area contributed by atoms with E-state index in [4.69, 9.17) is 0 Å². The van der Waals surface area contributed by atoms with Crippen LogP contribution in [0.15, 0.2) is 54.6 Å². The van der Waals surface area contributed by atoms with Crippen molar-refractivity contribution >= 4 is 23.0 Å². The number of halogens is 2. The molecule has 1 heterocycles. The second-order valence-corrected chi connectivity index (χ2v) is 4.95. The van der Waals surface area contributed by atoms with E-state index in [-0.39, 0.29) is 11.6 Å². The van der Waals surface area contributed by atoms with Crippen LogP contribution < -0.4 is 10.6 Å². The fourth-order valence-corrected chi connectivity index (χ4v) is 2.09. The molecule has 0 fully saturated rings. The predicted octanol–water partition coefficient (Wildman–Crippen LogP) is 4.55. The first-order valence-electron chi connectivity index (χ1n) is 6.99. The maximum absolute atomic E-state index is 13.2. The zero-order valence-corrected chi connectivity index (χ0v) is 12.3. The molecule has 0 aliphatic heterocycles. The van der Waals surface area contributed by atoms with E-state index in [1.54, 1.807) is 37.3 Å². The van der Waals surface area contributed by atoms with E-state index in [1.807, 2.05) is 0 Å². The highest BCUT2D eigenvalue weighted by molar-refractivity contribution is 5.63. The Morgan fingerprint density at radius 3 is 2.04 bits per heavy atom. The summed E-state index contributed by atoms with van der Waals surface area (Å²) in [6, 6.07) is 13.8. The Hall–Kier alpha value is -3.02. The lowest BCUT2D eigenvalue weighted by molar-refractivity contribution is 0.628. The molecule has 0 spiro atoms. The van der Waals surface area contributed by atoms with Crippen molar-refractivity contribution in [3.05, 3.63) is 72.1 Å². The maximum Gasteiger partial charge on any atom is 0.136 e. The van der Waals surface area contributed by atoms with Crippen molar-refractivity contribution in [2.75, 3.05) is 10.6 Å². The zero-order chi connectivity index (χ0) is 16.2. The van der Waals surface area contributed by atoms with Gasteiger partial charge in [0.05, 0.1) is 0 Å². The molecule has 3 rings (SSSR count). The van der Waals surface area contributed by atoms with E-state index >= 15 is 0 Å². The van der Waals surface area contributed by atoms with Crippen LogP contribution in [0.3, 0.4) is 0 Å². The fraction of sp³-hybridized carbons (Fsp3) is 0.0588. The molecule has 0 aliphatic rings. The first-order chi connectivity index (χ1) is 11.1. The molecule has 4 nitrogen and oxygen atoms in total. The summed E-state index contributed by atoms with van der Waals surface area (Å²) >= 11 is 0. The molecule has 3 aromatic rings. The van der Waals surface area contributed by atoms with Crippen LogP contribution in [0.4, 0.5) is 31.8 Å². The number of aryl methyl sites for hydroxylation is 1. The average Bonchev–Trinajstić information content (AvgIpc) is 2.49. The Morgan fingerprint density at radius 1 is 0.739 bits per heavy atom. The minimum absolute atomic E-state index is 0.303. The quantitative estimate of drug-likeness (QED) is 0.742. The van der Waals surface area contributed by atoms with Gasteiger partial charge in [0.2, 0.25) is 0 Å². The molecule has 0 aliphatic carbocycles. The minimum Gasteiger partial charge on any atom is -0.340 e. The van der Waals surface area contributed by atoms with Gasteiger partial charge in [0, 0.05) is 17.4 Å². The SMILES string of the molecule is Cc1nc(Nc2ccc(F)cc2)cc(Nc2cccc(F)c2)n1. The van der Waals surface area contributed by atoms with Crippen molar-refractivity contribution in [1.29, 1.82) is 0 Å². The summed E-state index contributed by atoms with van der Waals surface area (Å²) in [7, 11) is 0. The Balaban J connectivity index is 1.82. The number of hydrogen-bond donors (Lipinski definition) is 2. The normalized spacial score (nSPS) is 10.4. The zero-order valence-electron chi connectivity index (χ0n) is 12.3. The van der Waals surface area contributed by atoms with Crippen LogP contribution in [0.5, 0.6) is 0 Å². The largest absolute Gasteiger partial charge is 0.340 e. The van der Waals surface area contributed by atoms with Crippen LogP contribution in [0.1, 0.15) is 5.82 Å². The topological polar surface area (TPSA) is 49.8 Å². The Labute approximate surface area is 132 Å². The van der Waals surface area contributed by atoms with Crippen LogP contribution >= 0.6 is 0 Å². The van der Waals surface area contributed by atoms with Crippen molar-refractivity contribution < 1.29 is 8.78 Å². The van der Waals surface area contributed by atoms with Crippen LogP contribution in [-0.4, -0.2) is 9.97 Å². The van der Waals surface area contributed by atoms with Crippen molar-refractivity contribution in [3.8, 4) is 0 Å². The number of aromatic nitrogens is 2. The highest BCUT2D eigenvalue weighted by Gasteiger charge is 2.04. The predicted molar refractivity (Wildman–Crippen MR) is 86.1 cm³/mol. The third-order valence-electron chi connectivity index (χ3n) is 3.05. The first-order valence-corrected chi connectivity index (χ1v) is 6.99. The minimum atomic E-state index is -0.328. The standard InChI is InChI=1S/C17H14F2N4/c1-11-20-16(22-14-7-5-12(18)6-8-14)10-17(21-11)23-15-4-2-3-13(19)9-15/h2-10H,1H3,(H2,20,21,22,23). The molecule has 2 N–H and O–H groups in total. The molecule has 0 unspecified atom stereocenters. The van der Waals surface area contributed by atoms with Gasteiger partial charge in [0.15, 0.2) is 0 Å². The third kappa shape index (κ3) is 4.00. The van der Waals surface area contributed by atoms with Gasteiger partial charge in [-0.15, -0.1) is 0 Å². The van der Waals surface area contributed by atoms with Crippen molar-refractivity contribution in [2.24, 2.45) is 0 Å². The molecule has 0 bridgehead atoms. The van der Waals surface area contributed by atoms with E-state index < -0.39 is 0 Å². The molecule has 116 valence electrons. The lowest BCUT2D eigenvalue weighted by atomic mass is 10.3. The van der Waals surface area contributed by atoms with E-state index in [2.05, 4.69) is 20.6 Å². The summed E-state index contributed by atoms with van der Waals surface area (Å²) in [6.45, 7) is 1.76. The summed E-state index contributed by atoms with van der Waals surface area (Å²) in [6.07, 6.45) is 0. The van der Waals surface area contributed by atoms with E-state index in [9.17, 15) is 8.78 Å². The van der Waals surface area contributed by atoms with Crippen LogP contribution in [0, 0.1) is 18.6 Å². The highest BCUT2D eigenvalue weighted by atomic mass is 19.1. The maximum atomic E-state index is 13.2. The van der Waals surface area contributed by atoms with Crippen molar-refractivity contribution in [2.45, 2.75) is 6.92 Å². The number of rotatable bonds is 4. The molecule has 0 atom stereocenters. The molecule has 1 aromatic heterocycles. The number of anilines is 4. The van der Waals surface area contributed by atoms with E-state index in [0.29, 0.717) is 28.8 Å².